The van der Waals surface area contributed by atoms with E-state index in [4.69, 9.17) is 9.84 Å². The second kappa shape index (κ2) is 9.95. The molecule has 1 atom stereocenters. The number of hydrogen-bond acceptors (Lipinski definition) is 6. The zero-order chi connectivity index (χ0) is 20.7. The fourth-order valence-electron chi connectivity index (χ4n) is 2.68. The molecule has 1 aromatic carbocycles. The van der Waals surface area contributed by atoms with Gasteiger partial charge in [-0.25, -0.2) is 10.2 Å². The number of carbonyl (C=O) groups is 3. The van der Waals surface area contributed by atoms with Crippen LogP contribution in [0.15, 0.2) is 30.3 Å². The topological polar surface area (TPSA) is 121 Å². The van der Waals surface area contributed by atoms with Crippen LogP contribution in [0.1, 0.15) is 50.0 Å². The van der Waals surface area contributed by atoms with Crippen molar-refractivity contribution in [2.75, 3.05) is 12.4 Å². The molecule has 0 unspecified atom stereocenters. The van der Waals surface area contributed by atoms with Gasteiger partial charge in [-0.3, -0.25) is 15.0 Å². The summed E-state index contributed by atoms with van der Waals surface area (Å²) in [6.45, 7) is 5.31. The predicted molar refractivity (Wildman–Crippen MR) is 106 cm³/mol. The Labute approximate surface area is 167 Å². The average Bonchev–Trinajstić information content (AvgIpc) is 2.96. The van der Waals surface area contributed by atoms with Crippen LogP contribution in [0.25, 0.3) is 0 Å². The molecule has 0 aliphatic carbocycles. The molecule has 0 radical (unpaired) electrons. The van der Waals surface area contributed by atoms with Crippen LogP contribution in [0.3, 0.4) is 0 Å². The first kappa shape index (κ1) is 21.5. The van der Waals surface area contributed by atoms with Crippen molar-refractivity contribution in [2.24, 2.45) is 0 Å². The Morgan fingerprint density at radius 2 is 1.89 bits per heavy atom. The molecule has 2 aromatic rings. The lowest BCUT2D eigenvalue weighted by molar-refractivity contribution is -0.133. The highest BCUT2D eigenvalue weighted by molar-refractivity contribution is 8.00. The summed E-state index contributed by atoms with van der Waals surface area (Å²) in [7, 11) is 0. The van der Waals surface area contributed by atoms with Gasteiger partial charge in [0, 0.05) is 5.69 Å². The third kappa shape index (κ3) is 5.37. The number of carbonyl (C=O) groups excluding carboxylic acids is 2. The van der Waals surface area contributed by atoms with Crippen LogP contribution in [-0.2, 0) is 9.53 Å². The van der Waals surface area contributed by atoms with Crippen molar-refractivity contribution >= 4 is 29.6 Å². The van der Waals surface area contributed by atoms with Crippen molar-refractivity contribution < 1.29 is 24.2 Å². The molecule has 8 nitrogen and oxygen atoms in total. The number of ether oxygens (including phenoxy) is 1. The number of amides is 1. The van der Waals surface area contributed by atoms with Gasteiger partial charge in [0.15, 0.2) is 0 Å². The molecule has 0 fully saturated rings. The Morgan fingerprint density at radius 1 is 1.21 bits per heavy atom. The Kier molecular flexibility index (Phi) is 7.65. The van der Waals surface area contributed by atoms with E-state index in [0.717, 1.165) is 17.3 Å². The molecule has 4 N–H and O–H groups in total. The number of H-pyrrole nitrogens is 1. The van der Waals surface area contributed by atoms with Crippen molar-refractivity contribution in [1.29, 1.82) is 0 Å². The van der Waals surface area contributed by atoms with Gasteiger partial charge in [-0.1, -0.05) is 30.3 Å². The second-order valence-electron chi connectivity index (χ2n) is 5.94. The molecular weight excluding hydrogens is 382 g/mol. The molecular formula is C19H23N3O5S. The van der Waals surface area contributed by atoms with E-state index in [0.29, 0.717) is 16.8 Å². The fraction of sp³-hybridized carbons (Fsp3) is 0.316. The maximum Gasteiger partial charge on any atom is 0.340 e. The Balaban J connectivity index is 2.13. The fourth-order valence-corrected chi connectivity index (χ4v) is 3.48. The highest BCUT2D eigenvalue weighted by Crippen LogP contribution is 2.25. The number of thioether (sulfide) groups is 1. The summed E-state index contributed by atoms with van der Waals surface area (Å²) in [4.78, 5) is 38.5. The molecule has 1 amide bonds. The SMILES string of the molecule is CCOC(=O)c1c(C)[nH]c(C(=O)NN[C@@H](SCC(=O)O)c2ccccc2)c1C. The molecule has 1 heterocycles. The first-order valence-electron chi connectivity index (χ1n) is 8.65. The highest BCUT2D eigenvalue weighted by atomic mass is 32.2. The minimum Gasteiger partial charge on any atom is -0.481 e. The molecule has 9 heteroatoms. The molecule has 28 heavy (non-hydrogen) atoms. The number of benzene rings is 1. The summed E-state index contributed by atoms with van der Waals surface area (Å²) >= 11 is 1.13. The number of aryl methyl sites for hydroxylation is 1. The van der Waals surface area contributed by atoms with Crippen LogP contribution < -0.4 is 10.9 Å². The van der Waals surface area contributed by atoms with Gasteiger partial charge in [0.2, 0.25) is 0 Å². The van der Waals surface area contributed by atoms with E-state index in [-0.39, 0.29) is 18.1 Å². The van der Waals surface area contributed by atoms with E-state index in [1.807, 2.05) is 30.3 Å². The number of hydrazine groups is 1. The number of aromatic nitrogens is 1. The van der Waals surface area contributed by atoms with E-state index >= 15 is 0 Å². The summed E-state index contributed by atoms with van der Waals surface area (Å²) < 4.78 is 5.03. The van der Waals surface area contributed by atoms with E-state index in [9.17, 15) is 14.4 Å². The summed E-state index contributed by atoms with van der Waals surface area (Å²) in [6, 6.07) is 9.18. The monoisotopic (exact) mass is 405 g/mol. The molecule has 0 spiro atoms. The largest absolute Gasteiger partial charge is 0.481 e. The Bertz CT molecular complexity index is 851. The molecule has 0 bridgehead atoms. The average molecular weight is 405 g/mol. The smallest absolute Gasteiger partial charge is 0.340 e. The van der Waals surface area contributed by atoms with Crippen molar-refractivity contribution in [1.82, 2.24) is 15.8 Å². The number of hydrogen-bond donors (Lipinski definition) is 4. The minimum absolute atomic E-state index is 0.129. The maximum atomic E-state index is 12.6. The number of nitrogens with one attached hydrogen (secondary N) is 3. The van der Waals surface area contributed by atoms with Gasteiger partial charge < -0.3 is 14.8 Å². The van der Waals surface area contributed by atoms with E-state index in [2.05, 4.69) is 15.8 Å². The molecule has 2 rings (SSSR count). The van der Waals surface area contributed by atoms with Gasteiger partial charge in [-0.15, -0.1) is 11.8 Å². The van der Waals surface area contributed by atoms with Crippen LogP contribution in [0, 0.1) is 13.8 Å². The zero-order valence-electron chi connectivity index (χ0n) is 15.9. The van der Waals surface area contributed by atoms with Gasteiger partial charge in [-0.2, -0.15) is 0 Å². The number of carboxylic acids is 1. The van der Waals surface area contributed by atoms with Crippen molar-refractivity contribution in [3.05, 3.63) is 58.4 Å². The molecule has 0 aliphatic heterocycles. The maximum absolute atomic E-state index is 12.6. The third-order valence-corrected chi connectivity index (χ3v) is 5.07. The molecule has 1 aromatic heterocycles. The van der Waals surface area contributed by atoms with Gasteiger partial charge in [0.1, 0.15) is 5.69 Å². The number of aromatic amines is 1. The Morgan fingerprint density at radius 3 is 2.50 bits per heavy atom. The lowest BCUT2D eigenvalue weighted by Gasteiger charge is -2.18. The summed E-state index contributed by atoms with van der Waals surface area (Å²) in [5.41, 5.74) is 7.88. The lowest BCUT2D eigenvalue weighted by Crippen LogP contribution is -2.39. The molecule has 0 saturated heterocycles. The van der Waals surface area contributed by atoms with E-state index in [1.165, 1.54) is 0 Å². The van der Waals surface area contributed by atoms with Crippen molar-refractivity contribution in [2.45, 2.75) is 26.1 Å². The molecule has 150 valence electrons. The predicted octanol–water partition coefficient (Wildman–Crippen LogP) is 2.56. The van der Waals surface area contributed by atoms with Crippen LogP contribution in [-0.4, -0.2) is 40.3 Å². The van der Waals surface area contributed by atoms with Crippen molar-refractivity contribution in [3.8, 4) is 0 Å². The van der Waals surface area contributed by atoms with Crippen LogP contribution in [0.5, 0.6) is 0 Å². The first-order chi connectivity index (χ1) is 13.3. The lowest BCUT2D eigenvalue weighted by atomic mass is 10.1. The third-order valence-electron chi connectivity index (χ3n) is 3.94. The first-order valence-corrected chi connectivity index (χ1v) is 9.70. The van der Waals surface area contributed by atoms with Crippen molar-refractivity contribution in [3.63, 3.8) is 0 Å². The van der Waals surface area contributed by atoms with Crippen LogP contribution >= 0.6 is 11.8 Å². The van der Waals surface area contributed by atoms with E-state index < -0.39 is 23.2 Å². The highest BCUT2D eigenvalue weighted by Gasteiger charge is 2.23. The standard InChI is InChI=1S/C19H23N3O5S/c1-4-27-19(26)15-11(2)16(20-12(15)3)17(25)21-22-18(28-10-14(23)24)13-8-6-5-7-9-13/h5-9,18,20,22H,4,10H2,1-3H3,(H,21,25)(H,23,24)/t18-/m0/s1. The number of esters is 1. The van der Waals surface area contributed by atoms with E-state index in [1.54, 1.807) is 20.8 Å². The van der Waals surface area contributed by atoms with Gasteiger partial charge in [-0.05, 0) is 31.9 Å². The Hall–Kier alpha value is -2.78. The van der Waals surface area contributed by atoms with Crippen LogP contribution in [0.2, 0.25) is 0 Å². The summed E-state index contributed by atoms with van der Waals surface area (Å²) in [5, 5.41) is 8.49. The molecule has 0 aliphatic rings. The van der Waals surface area contributed by atoms with Crippen LogP contribution in [0.4, 0.5) is 0 Å². The van der Waals surface area contributed by atoms with Gasteiger partial charge in [0.25, 0.3) is 5.91 Å². The number of rotatable bonds is 9. The zero-order valence-corrected chi connectivity index (χ0v) is 16.7. The molecule has 0 saturated carbocycles. The second-order valence-corrected chi connectivity index (χ2v) is 7.03. The van der Waals surface area contributed by atoms with Gasteiger partial charge in [0.05, 0.1) is 23.3 Å². The summed E-state index contributed by atoms with van der Waals surface area (Å²) in [6.07, 6.45) is 0. The number of carboxylic acid groups (broad SMARTS) is 1. The normalized spacial score (nSPS) is 11.7. The number of aliphatic carboxylic acids is 1. The summed E-state index contributed by atoms with van der Waals surface area (Å²) in [5.74, 6) is -2.03. The van der Waals surface area contributed by atoms with Gasteiger partial charge >= 0.3 is 11.9 Å². The quantitative estimate of drug-likeness (QED) is 0.287. The minimum atomic E-state index is -0.950.